The predicted octanol–water partition coefficient (Wildman–Crippen LogP) is 1.78. The summed E-state index contributed by atoms with van der Waals surface area (Å²) in [6, 6.07) is 6.34. The van der Waals surface area contributed by atoms with E-state index >= 15 is 0 Å². The van der Waals surface area contributed by atoms with Crippen LogP contribution in [-0.2, 0) is 0 Å². The van der Waals surface area contributed by atoms with E-state index in [1.807, 2.05) is 0 Å². The lowest BCUT2D eigenvalue weighted by atomic mass is 10.1. The standard InChI is InChI=1S/C13H18N2O3/c1-9(16)7-8-14-13(18)15-12-5-3-11(4-6-12)10(2)17/h3-6,9,16H,7-8H2,1-2H3,(H2,14,15,18). The van der Waals surface area contributed by atoms with Crippen molar-refractivity contribution < 1.29 is 14.7 Å². The maximum absolute atomic E-state index is 11.4. The zero-order valence-corrected chi connectivity index (χ0v) is 10.6. The summed E-state index contributed by atoms with van der Waals surface area (Å²) in [6.45, 7) is 3.57. The third kappa shape index (κ3) is 4.97. The normalized spacial score (nSPS) is 11.7. The van der Waals surface area contributed by atoms with Gasteiger partial charge in [0.05, 0.1) is 6.10 Å². The van der Waals surface area contributed by atoms with Crippen LogP contribution in [0.15, 0.2) is 24.3 Å². The molecule has 0 aliphatic carbocycles. The number of ketones is 1. The van der Waals surface area contributed by atoms with E-state index in [9.17, 15) is 9.59 Å². The molecule has 2 amide bonds. The number of carbonyl (C=O) groups excluding carboxylic acids is 2. The van der Waals surface area contributed by atoms with Crippen molar-refractivity contribution >= 4 is 17.5 Å². The van der Waals surface area contributed by atoms with E-state index in [0.29, 0.717) is 24.2 Å². The van der Waals surface area contributed by atoms with Crippen molar-refractivity contribution in [2.45, 2.75) is 26.4 Å². The molecule has 0 spiro atoms. The summed E-state index contributed by atoms with van der Waals surface area (Å²) in [7, 11) is 0. The third-order valence-electron chi connectivity index (χ3n) is 2.40. The number of aliphatic hydroxyl groups excluding tert-OH is 1. The van der Waals surface area contributed by atoms with Crippen LogP contribution >= 0.6 is 0 Å². The zero-order chi connectivity index (χ0) is 13.5. The SMILES string of the molecule is CC(=O)c1ccc(NC(=O)NCCC(C)O)cc1. The van der Waals surface area contributed by atoms with Crippen LogP contribution in [0.3, 0.4) is 0 Å². The first-order valence-electron chi connectivity index (χ1n) is 5.83. The van der Waals surface area contributed by atoms with E-state index in [0.717, 1.165) is 0 Å². The van der Waals surface area contributed by atoms with Gasteiger partial charge >= 0.3 is 6.03 Å². The first-order chi connectivity index (χ1) is 8.49. The van der Waals surface area contributed by atoms with E-state index in [-0.39, 0.29) is 11.8 Å². The number of carbonyl (C=O) groups is 2. The van der Waals surface area contributed by atoms with Gasteiger partial charge in [-0.05, 0) is 44.5 Å². The lowest BCUT2D eigenvalue weighted by Gasteiger charge is -2.08. The molecule has 5 heteroatoms. The van der Waals surface area contributed by atoms with Crippen LogP contribution in [0.2, 0.25) is 0 Å². The van der Waals surface area contributed by atoms with Gasteiger partial charge in [-0.1, -0.05) is 0 Å². The second-order valence-electron chi connectivity index (χ2n) is 4.15. The Morgan fingerprint density at radius 1 is 1.28 bits per heavy atom. The molecule has 0 aromatic heterocycles. The summed E-state index contributed by atoms with van der Waals surface area (Å²) < 4.78 is 0. The van der Waals surface area contributed by atoms with Gasteiger partial charge in [-0.25, -0.2) is 4.79 Å². The van der Waals surface area contributed by atoms with E-state index in [4.69, 9.17) is 5.11 Å². The first-order valence-corrected chi connectivity index (χ1v) is 5.83. The van der Waals surface area contributed by atoms with Crippen LogP contribution in [0.5, 0.6) is 0 Å². The minimum Gasteiger partial charge on any atom is -0.393 e. The number of hydrogen-bond acceptors (Lipinski definition) is 3. The summed E-state index contributed by atoms with van der Waals surface area (Å²) in [5.41, 5.74) is 1.23. The molecule has 98 valence electrons. The Kier molecular flexibility index (Phi) is 5.32. The summed E-state index contributed by atoms with van der Waals surface area (Å²) in [4.78, 5) is 22.5. The van der Waals surface area contributed by atoms with Crippen LogP contribution in [0.25, 0.3) is 0 Å². The van der Waals surface area contributed by atoms with E-state index in [2.05, 4.69) is 10.6 Å². The molecule has 0 aliphatic rings. The number of anilines is 1. The lowest BCUT2D eigenvalue weighted by molar-refractivity contribution is 0.101. The van der Waals surface area contributed by atoms with Gasteiger partial charge < -0.3 is 15.7 Å². The molecule has 0 fully saturated rings. The molecular weight excluding hydrogens is 232 g/mol. The minimum absolute atomic E-state index is 0.0112. The fourth-order valence-electron chi connectivity index (χ4n) is 1.36. The summed E-state index contributed by atoms with van der Waals surface area (Å²) in [5.74, 6) is -0.0112. The second-order valence-corrected chi connectivity index (χ2v) is 4.15. The molecule has 1 rings (SSSR count). The molecule has 1 atom stereocenters. The van der Waals surface area contributed by atoms with Gasteiger partial charge in [-0.15, -0.1) is 0 Å². The highest BCUT2D eigenvalue weighted by molar-refractivity contribution is 5.95. The number of amides is 2. The quantitative estimate of drug-likeness (QED) is 0.697. The van der Waals surface area contributed by atoms with Crippen molar-refractivity contribution in [2.24, 2.45) is 0 Å². The highest BCUT2D eigenvalue weighted by Gasteiger charge is 2.03. The predicted molar refractivity (Wildman–Crippen MR) is 69.8 cm³/mol. The Bertz CT molecular complexity index is 413. The Hall–Kier alpha value is -1.88. The molecule has 0 radical (unpaired) electrons. The van der Waals surface area contributed by atoms with E-state index < -0.39 is 6.10 Å². The zero-order valence-electron chi connectivity index (χ0n) is 10.6. The Morgan fingerprint density at radius 2 is 1.89 bits per heavy atom. The average Bonchev–Trinajstić information content (AvgIpc) is 2.29. The van der Waals surface area contributed by atoms with Crippen LogP contribution in [0.4, 0.5) is 10.5 Å². The van der Waals surface area contributed by atoms with Gasteiger partial charge in [0.15, 0.2) is 5.78 Å². The van der Waals surface area contributed by atoms with Crippen LogP contribution in [0, 0.1) is 0 Å². The molecule has 1 unspecified atom stereocenters. The summed E-state index contributed by atoms with van der Waals surface area (Å²) in [5, 5.41) is 14.3. The Balaban J connectivity index is 2.42. The third-order valence-corrected chi connectivity index (χ3v) is 2.40. The number of Topliss-reactive ketones (excluding diaryl/α,β-unsaturated/α-hetero) is 1. The fourth-order valence-corrected chi connectivity index (χ4v) is 1.36. The first kappa shape index (κ1) is 14.2. The molecule has 0 bridgehead atoms. The van der Waals surface area contributed by atoms with Gasteiger partial charge in [0.2, 0.25) is 0 Å². The number of rotatable bonds is 5. The number of nitrogens with one attached hydrogen (secondary N) is 2. The molecule has 0 aliphatic heterocycles. The van der Waals surface area contributed by atoms with E-state index in [1.54, 1.807) is 31.2 Å². The van der Waals surface area contributed by atoms with Gasteiger partial charge in [0, 0.05) is 17.8 Å². The molecule has 5 nitrogen and oxygen atoms in total. The van der Waals surface area contributed by atoms with Crippen molar-refractivity contribution in [3.8, 4) is 0 Å². The van der Waals surface area contributed by atoms with Gasteiger partial charge in [0.1, 0.15) is 0 Å². The maximum atomic E-state index is 11.4. The highest BCUT2D eigenvalue weighted by Crippen LogP contribution is 2.09. The largest absolute Gasteiger partial charge is 0.393 e. The molecule has 0 saturated carbocycles. The van der Waals surface area contributed by atoms with Crippen molar-refractivity contribution in [1.82, 2.24) is 5.32 Å². The number of hydrogen-bond donors (Lipinski definition) is 3. The lowest BCUT2D eigenvalue weighted by Crippen LogP contribution is -2.30. The highest BCUT2D eigenvalue weighted by atomic mass is 16.3. The smallest absolute Gasteiger partial charge is 0.319 e. The monoisotopic (exact) mass is 250 g/mol. The fraction of sp³-hybridized carbons (Fsp3) is 0.385. The second kappa shape index (κ2) is 6.76. The Labute approximate surface area is 106 Å². The summed E-state index contributed by atoms with van der Waals surface area (Å²) >= 11 is 0. The average molecular weight is 250 g/mol. The van der Waals surface area contributed by atoms with Gasteiger partial charge in [-0.2, -0.15) is 0 Å². The molecular formula is C13H18N2O3. The van der Waals surface area contributed by atoms with Crippen molar-refractivity contribution in [2.75, 3.05) is 11.9 Å². The Morgan fingerprint density at radius 3 is 2.39 bits per heavy atom. The molecule has 1 aromatic rings. The van der Waals surface area contributed by atoms with Crippen LogP contribution < -0.4 is 10.6 Å². The van der Waals surface area contributed by atoms with Crippen LogP contribution in [0.1, 0.15) is 30.6 Å². The topological polar surface area (TPSA) is 78.4 Å². The minimum atomic E-state index is -0.430. The summed E-state index contributed by atoms with van der Waals surface area (Å²) in [6.07, 6.45) is 0.0802. The molecule has 0 heterocycles. The maximum Gasteiger partial charge on any atom is 0.319 e. The number of benzene rings is 1. The number of aliphatic hydroxyl groups is 1. The van der Waals surface area contributed by atoms with Crippen LogP contribution in [-0.4, -0.2) is 29.6 Å². The molecule has 0 saturated heterocycles. The molecule has 3 N–H and O–H groups in total. The molecule has 18 heavy (non-hydrogen) atoms. The van der Waals surface area contributed by atoms with Crippen molar-refractivity contribution in [1.29, 1.82) is 0 Å². The van der Waals surface area contributed by atoms with E-state index in [1.165, 1.54) is 6.92 Å². The van der Waals surface area contributed by atoms with Crippen molar-refractivity contribution in [3.05, 3.63) is 29.8 Å². The molecule has 1 aromatic carbocycles. The number of urea groups is 1. The van der Waals surface area contributed by atoms with Gasteiger partial charge in [-0.3, -0.25) is 4.79 Å². The van der Waals surface area contributed by atoms with Gasteiger partial charge in [0.25, 0.3) is 0 Å². The van der Waals surface area contributed by atoms with Crippen molar-refractivity contribution in [3.63, 3.8) is 0 Å².